The first-order chi connectivity index (χ1) is 8.24. The minimum atomic E-state index is -0.0835. The van der Waals surface area contributed by atoms with Crippen LogP contribution in [0.3, 0.4) is 0 Å². The first-order valence-corrected chi connectivity index (χ1v) is 6.26. The van der Waals surface area contributed by atoms with Crippen molar-refractivity contribution >= 4 is 15.9 Å². The number of rotatable bonds is 2. The van der Waals surface area contributed by atoms with Crippen LogP contribution in [0.2, 0.25) is 0 Å². The standard InChI is InChI=1S/C12H10BrN3O/c13-12-14-9(8-4-5-8)7-10(15-12)16-6-2-1-3-11(16)17/h1-3,6-8H,4-5H2. The molecular weight excluding hydrogens is 282 g/mol. The zero-order valence-electron chi connectivity index (χ0n) is 9.01. The van der Waals surface area contributed by atoms with Gasteiger partial charge >= 0.3 is 0 Å². The molecule has 0 unspecified atom stereocenters. The molecule has 0 spiro atoms. The van der Waals surface area contributed by atoms with Crippen molar-refractivity contribution in [3.63, 3.8) is 0 Å². The molecule has 2 heterocycles. The second kappa shape index (κ2) is 4.07. The topological polar surface area (TPSA) is 47.8 Å². The quantitative estimate of drug-likeness (QED) is 0.798. The van der Waals surface area contributed by atoms with Gasteiger partial charge in [0.15, 0.2) is 4.73 Å². The third kappa shape index (κ3) is 2.15. The van der Waals surface area contributed by atoms with Crippen LogP contribution in [0.1, 0.15) is 24.5 Å². The van der Waals surface area contributed by atoms with E-state index in [0.717, 1.165) is 5.69 Å². The Hall–Kier alpha value is -1.49. The minimum Gasteiger partial charge on any atom is -0.269 e. The van der Waals surface area contributed by atoms with Gasteiger partial charge in [-0.3, -0.25) is 9.36 Å². The van der Waals surface area contributed by atoms with Crippen LogP contribution in [0.4, 0.5) is 0 Å². The fraction of sp³-hybridized carbons (Fsp3) is 0.250. The molecule has 5 heteroatoms. The minimum absolute atomic E-state index is 0.0835. The Morgan fingerprint density at radius 2 is 2.12 bits per heavy atom. The van der Waals surface area contributed by atoms with Crippen LogP contribution >= 0.6 is 15.9 Å². The van der Waals surface area contributed by atoms with Gasteiger partial charge in [-0.25, -0.2) is 9.97 Å². The predicted octanol–water partition coefficient (Wildman–Crippen LogP) is 2.27. The number of nitrogens with zero attached hydrogens (tertiary/aromatic N) is 3. The molecule has 4 nitrogen and oxygen atoms in total. The third-order valence-electron chi connectivity index (χ3n) is 2.77. The number of aromatic nitrogens is 3. The van der Waals surface area contributed by atoms with E-state index in [9.17, 15) is 4.79 Å². The Kier molecular flexibility index (Phi) is 2.55. The van der Waals surface area contributed by atoms with Crippen molar-refractivity contribution in [3.05, 3.63) is 51.2 Å². The normalized spacial score (nSPS) is 14.9. The van der Waals surface area contributed by atoms with Gasteiger partial charge in [0.05, 0.1) is 5.69 Å². The maximum Gasteiger partial charge on any atom is 0.256 e. The van der Waals surface area contributed by atoms with Crippen molar-refractivity contribution in [1.29, 1.82) is 0 Å². The lowest BCUT2D eigenvalue weighted by Gasteiger charge is -2.06. The van der Waals surface area contributed by atoms with Crippen molar-refractivity contribution in [2.45, 2.75) is 18.8 Å². The lowest BCUT2D eigenvalue weighted by molar-refractivity contribution is 0.880. The average Bonchev–Trinajstić information content (AvgIpc) is 3.12. The van der Waals surface area contributed by atoms with Gasteiger partial charge in [-0.1, -0.05) is 6.07 Å². The zero-order valence-corrected chi connectivity index (χ0v) is 10.6. The summed E-state index contributed by atoms with van der Waals surface area (Å²) in [6.07, 6.45) is 4.06. The molecule has 2 aromatic rings. The highest BCUT2D eigenvalue weighted by Crippen LogP contribution is 2.39. The number of pyridine rings is 1. The van der Waals surface area contributed by atoms with E-state index >= 15 is 0 Å². The molecule has 86 valence electrons. The Morgan fingerprint density at radius 1 is 1.29 bits per heavy atom. The van der Waals surface area contributed by atoms with Crippen molar-refractivity contribution in [2.75, 3.05) is 0 Å². The van der Waals surface area contributed by atoms with E-state index in [1.165, 1.54) is 23.5 Å². The van der Waals surface area contributed by atoms with Gasteiger partial charge in [0.2, 0.25) is 0 Å². The highest BCUT2D eigenvalue weighted by atomic mass is 79.9. The summed E-state index contributed by atoms with van der Waals surface area (Å²) in [5.74, 6) is 1.16. The molecule has 0 aromatic carbocycles. The van der Waals surface area contributed by atoms with Gasteiger partial charge in [-0.15, -0.1) is 0 Å². The van der Waals surface area contributed by atoms with Gasteiger partial charge < -0.3 is 0 Å². The second-order valence-corrected chi connectivity index (χ2v) is 4.81. The van der Waals surface area contributed by atoms with Crippen LogP contribution in [0.25, 0.3) is 5.82 Å². The highest BCUT2D eigenvalue weighted by Gasteiger charge is 2.26. The molecule has 0 radical (unpaired) electrons. The van der Waals surface area contributed by atoms with Crippen LogP contribution < -0.4 is 5.56 Å². The number of hydrogen-bond acceptors (Lipinski definition) is 3. The SMILES string of the molecule is O=c1ccccn1-c1cc(C2CC2)nc(Br)n1. The molecule has 17 heavy (non-hydrogen) atoms. The summed E-state index contributed by atoms with van der Waals surface area (Å²) in [6.45, 7) is 0. The van der Waals surface area contributed by atoms with E-state index < -0.39 is 0 Å². The monoisotopic (exact) mass is 291 g/mol. The summed E-state index contributed by atoms with van der Waals surface area (Å²) >= 11 is 3.29. The summed E-state index contributed by atoms with van der Waals surface area (Å²) in [5.41, 5.74) is 0.928. The van der Waals surface area contributed by atoms with E-state index in [1.807, 2.05) is 12.1 Å². The van der Waals surface area contributed by atoms with Crippen LogP contribution in [-0.4, -0.2) is 14.5 Å². The van der Waals surface area contributed by atoms with Crippen molar-refractivity contribution in [1.82, 2.24) is 14.5 Å². The third-order valence-corrected chi connectivity index (χ3v) is 3.12. The zero-order chi connectivity index (χ0) is 11.8. The highest BCUT2D eigenvalue weighted by molar-refractivity contribution is 9.10. The summed E-state index contributed by atoms with van der Waals surface area (Å²) in [4.78, 5) is 20.3. The number of halogens is 1. The predicted molar refractivity (Wildman–Crippen MR) is 67.3 cm³/mol. The summed E-state index contributed by atoms with van der Waals surface area (Å²) < 4.78 is 2.06. The molecule has 1 saturated carbocycles. The van der Waals surface area contributed by atoms with E-state index in [2.05, 4.69) is 25.9 Å². The number of hydrogen-bond donors (Lipinski definition) is 0. The van der Waals surface area contributed by atoms with Gasteiger partial charge in [-0.05, 0) is 34.8 Å². The fourth-order valence-electron chi connectivity index (χ4n) is 1.75. The Morgan fingerprint density at radius 3 is 2.82 bits per heavy atom. The summed E-state index contributed by atoms with van der Waals surface area (Å²) in [5, 5.41) is 0. The largest absolute Gasteiger partial charge is 0.269 e. The molecule has 2 aromatic heterocycles. The van der Waals surface area contributed by atoms with E-state index in [0.29, 0.717) is 16.5 Å². The lowest BCUT2D eigenvalue weighted by Crippen LogP contribution is -2.17. The molecule has 1 fully saturated rings. The molecule has 3 rings (SSSR count). The fourth-order valence-corrected chi connectivity index (χ4v) is 2.14. The van der Waals surface area contributed by atoms with Crippen LogP contribution in [0.5, 0.6) is 0 Å². The molecule has 0 N–H and O–H groups in total. The Bertz CT molecular complexity index is 619. The van der Waals surface area contributed by atoms with Crippen molar-refractivity contribution in [2.24, 2.45) is 0 Å². The van der Waals surface area contributed by atoms with Gasteiger partial charge in [0.25, 0.3) is 5.56 Å². The van der Waals surface area contributed by atoms with Gasteiger partial charge in [0, 0.05) is 24.2 Å². The van der Waals surface area contributed by atoms with Crippen molar-refractivity contribution < 1.29 is 0 Å². The van der Waals surface area contributed by atoms with Crippen LogP contribution in [-0.2, 0) is 0 Å². The van der Waals surface area contributed by atoms with E-state index in [4.69, 9.17) is 0 Å². The average molecular weight is 292 g/mol. The first kappa shape index (κ1) is 10.7. The van der Waals surface area contributed by atoms with E-state index in [1.54, 1.807) is 12.3 Å². The van der Waals surface area contributed by atoms with Crippen LogP contribution in [0.15, 0.2) is 40.0 Å². The lowest BCUT2D eigenvalue weighted by atomic mass is 10.3. The van der Waals surface area contributed by atoms with Crippen molar-refractivity contribution in [3.8, 4) is 5.82 Å². The molecule has 1 aliphatic carbocycles. The maximum atomic E-state index is 11.7. The molecule has 0 amide bonds. The molecule has 0 saturated heterocycles. The first-order valence-electron chi connectivity index (χ1n) is 5.46. The summed E-state index contributed by atoms with van der Waals surface area (Å²) in [6, 6.07) is 6.95. The smallest absolute Gasteiger partial charge is 0.256 e. The molecule has 0 aliphatic heterocycles. The second-order valence-electron chi connectivity index (χ2n) is 4.10. The van der Waals surface area contributed by atoms with E-state index in [-0.39, 0.29) is 5.56 Å². The van der Waals surface area contributed by atoms with Gasteiger partial charge in [-0.2, -0.15) is 0 Å². The Balaban J connectivity index is 2.14. The maximum absolute atomic E-state index is 11.7. The molecular formula is C12H10BrN3O. The molecule has 0 bridgehead atoms. The Labute approximate surface area is 106 Å². The molecule has 0 atom stereocenters. The molecule has 1 aliphatic rings. The van der Waals surface area contributed by atoms with Gasteiger partial charge in [0.1, 0.15) is 5.82 Å². The summed E-state index contributed by atoms with van der Waals surface area (Å²) in [7, 11) is 0. The van der Waals surface area contributed by atoms with Crippen LogP contribution in [0, 0.1) is 0 Å².